The minimum atomic E-state index is -4.65. The highest BCUT2D eigenvalue weighted by Gasteiger charge is 2.40. The molecule has 2 atom stereocenters. The van der Waals surface area contributed by atoms with E-state index >= 15 is 0 Å². The third-order valence-electron chi connectivity index (χ3n) is 8.58. The Morgan fingerprint density at radius 2 is 0.881 bits per heavy atom. The number of carbonyl (C=O) groups excluding carboxylic acids is 2. The minimum absolute atomic E-state index is 0. The maximum absolute atomic E-state index is 13.2. The SMILES string of the molecule is C.C[C@@H](NC(=O)c1ccc2nc(C(F)(F)F)ccc2c1)c1cnn(C)c1C(F)(F)F.C[C@H](NC(=O)c1ccc2nc(C(F)(F)F)ccc2c1)c1cnn(C)c1C(F)(F)F. The van der Waals surface area contributed by atoms with E-state index in [-0.39, 0.29) is 51.5 Å². The van der Waals surface area contributed by atoms with Gasteiger partial charge in [0.2, 0.25) is 0 Å². The summed E-state index contributed by atoms with van der Waals surface area (Å²) in [6.45, 7) is 2.75. The van der Waals surface area contributed by atoms with Crippen molar-refractivity contribution >= 4 is 33.6 Å². The Morgan fingerprint density at radius 3 is 1.19 bits per heavy atom. The normalized spacial score (nSPS) is 13.3. The summed E-state index contributed by atoms with van der Waals surface area (Å²) in [7, 11) is 2.29. The third kappa shape index (κ3) is 10.3. The molecule has 316 valence electrons. The zero-order valence-electron chi connectivity index (χ0n) is 30.1. The van der Waals surface area contributed by atoms with Crippen molar-refractivity contribution in [3.63, 3.8) is 0 Å². The van der Waals surface area contributed by atoms with Gasteiger partial charge in [-0.05, 0) is 62.4 Å². The van der Waals surface area contributed by atoms with Crippen molar-refractivity contribution in [2.45, 2.75) is 58.1 Å². The number of aryl methyl sites for hydroxylation is 2. The smallest absolute Gasteiger partial charge is 0.345 e. The number of hydrogen-bond donors (Lipinski definition) is 2. The monoisotopic (exact) mass is 848 g/mol. The van der Waals surface area contributed by atoms with Gasteiger partial charge in [0, 0.05) is 47.1 Å². The topological polar surface area (TPSA) is 120 Å². The van der Waals surface area contributed by atoms with Crippen LogP contribution in [0.15, 0.2) is 73.1 Å². The number of carbonyl (C=O) groups is 2. The standard InChI is InChI=1S/2C18H14F6N4O.CH4/c2*1-9(12-8-25-28(2)15(12)18(22,23)24)26-16(29)11-3-5-13-10(7-11)4-6-14(27-13)17(19,20)21;/h2*3-9H,1-2H3,(H,26,29);1H4/t2*9-;/m10./s1. The van der Waals surface area contributed by atoms with Crippen LogP contribution in [0.5, 0.6) is 0 Å². The Morgan fingerprint density at radius 1 is 0.542 bits per heavy atom. The molecule has 22 heteroatoms. The summed E-state index contributed by atoms with van der Waals surface area (Å²) >= 11 is 0. The molecule has 4 heterocycles. The quantitative estimate of drug-likeness (QED) is 0.161. The van der Waals surface area contributed by atoms with Gasteiger partial charge < -0.3 is 10.6 Å². The highest BCUT2D eigenvalue weighted by atomic mass is 19.4. The summed E-state index contributed by atoms with van der Waals surface area (Å²) in [4.78, 5) is 31.9. The van der Waals surface area contributed by atoms with Crippen molar-refractivity contribution < 1.29 is 62.3 Å². The van der Waals surface area contributed by atoms with Gasteiger partial charge >= 0.3 is 24.7 Å². The fourth-order valence-corrected chi connectivity index (χ4v) is 5.80. The van der Waals surface area contributed by atoms with Crippen molar-refractivity contribution in [2.24, 2.45) is 14.1 Å². The number of nitrogens with zero attached hydrogens (tertiary/aromatic N) is 6. The summed E-state index contributed by atoms with van der Waals surface area (Å²) in [5, 5.41) is 12.7. The Bertz CT molecular complexity index is 2310. The van der Waals surface area contributed by atoms with Gasteiger partial charge in [-0.25, -0.2) is 9.97 Å². The van der Waals surface area contributed by atoms with E-state index in [9.17, 15) is 62.3 Å². The molecule has 0 unspecified atom stereocenters. The molecule has 0 saturated carbocycles. The number of aromatic nitrogens is 6. The van der Waals surface area contributed by atoms with E-state index in [4.69, 9.17) is 0 Å². The van der Waals surface area contributed by atoms with E-state index in [0.717, 1.165) is 38.6 Å². The van der Waals surface area contributed by atoms with Gasteiger partial charge in [-0.3, -0.25) is 19.0 Å². The summed E-state index contributed by atoms with van der Waals surface area (Å²) in [5.41, 5.74) is -4.27. The Balaban J connectivity index is 0.000000256. The second kappa shape index (κ2) is 16.6. The molecular formula is C37H32F12N8O2. The molecule has 2 amide bonds. The van der Waals surface area contributed by atoms with E-state index < -0.39 is 71.4 Å². The summed E-state index contributed by atoms with van der Waals surface area (Å²) in [6, 6.07) is 9.56. The van der Waals surface area contributed by atoms with Crippen LogP contribution in [0.2, 0.25) is 0 Å². The average molecular weight is 849 g/mol. The van der Waals surface area contributed by atoms with Crippen LogP contribution in [-0.4, -0.2) is 41.3 Å². The van der Waals surface area contributed by atoms with Gasteiger partial charge in [0.05, 0.1) is 35.5 Å². The second-order valence-electron chi connectivity index (χ2n) is 12.7. The number of fused-ring (bicyclic) bond motifs is 2. The van der Waals surface area contributed by atoms with Crippen LogP contribution in [0.3, 0.4) is 0 Å². The maximum Gasteiger partial charge on any atom is 0.433 e. The summed E-state index contributed by atoms with van der Waals surface area (Å²) in [6.07, 6.45) is -16.4. The maximum atomic E-state index is 13.2. The zero-order chi connectivity index (χ0) is 43.1. The highest BCUT2D eigenvalue weighted by Crippen LogP contribution is 2.36. The second-order valence-corrected chi connectivity index (χ2v) is 12.7. The number of rotatable bonds is 6. The lowest BCUT2D eigenvalue weighted by molar-refractivity contribution is -0.145. The number of benzene rings is 2. The van der Waals surface area contributed by atoms with Crippen LogP contribution in [0.4, 0.5) is 52.7 Å². The molecule has 0 saturated heterocycles. The largest absolute Gasteiger partial charge is 0.433 e. The van der Waals surface area contributed by atoms with Gasteiger partial charge in [0.15, 0.2) is 0 Å². The molecule has 0 aliphatic rings. The van der Waals surface area contributed by atoms with Gasteiger partial charge in [0.1, 0.15) is 22.8 Å². The molecule has 0 spiro atoms. The number of amides is 2. The molecule has 10 nitrogen and oxygen atoms in total. The molecule has 2 N–H and O–H groups in total. The van der Waals surface area contributed by atoms with Gasteiger partial charge in [0.25, 0.3) is 11.8 Å². The number of pyridine rings is 2. The van der Waals surface area contributed by atoms with Crippen molar-refractivity contribution in [2.75, 3.05) is 0 Å². The van der Waals surface area contributed by atoms with E-state index in [1.807, 2.05) is 0 Å². The first kappa shape index (κ1) is 45.5. The fourth-order valence-electron chi connectivity index (χ4n) is 5.80. The Labute approximate surface area is 326 Å². The van der Waals surface area contributed by atoms with Gasteiger partial charge in [-0.1, -0.05) is 19.6 Å². The minimum Gasteiger partial charge on any atom is -0.345 e. The molecule has 6 aromatic rings. The van der Waals surface area contributed by atoms with Crippen LogP contribution in [0, 0.1) is 0 Å². The fraction of sp³-hybridized carbons (Fsp3) is 0.297. The van der Waals surface area contributed by atoms with Crippen LogP contribution in [0.25, 0.3) is 21.8 Å². The molecule has 0 aliphatic carbocycles. The van der Waals surface area contributed by atoms with Crippen molar-refractivity contribution in [1.29, 1.82) is 0 Å². The average Bonchev–Trinajstić information content (AvgIpc) is 3.73. The van der Waals surface area contributed by atoms with E-state index in [1.165, 1.54) is 62.4 Å². The highest BCUT2D eigenvalue weighted by molar-refractivity contribution is 5.99. The predicted molar refractivity (Wildman–Crippen MR) is 188 cm³/mol. The molecule has 2 aromatic carbocycles. The van der Waals surface area contributed by atoms with E-state index in [1.54, 1.807) is 0 Å². The van der Waals surface area contributed by atoms with E-state index in [0.29, 0.717) is 9.36 Å². The molecule has 0 aliphatic heterocycles. The first-order valence-electron chi connectivity index (χ1n) is 16.5. The van der Waals surface area contributed by atoms with Gasteiger partial charge in [-0.2, -0.15) is 62.9 Å². The lowest BCUT2D eigenvalue weighted by Crippen LogP contribution is -2.28. The molecule has 59 heavy (non-hydrogen) atoms. The predicted octanol–water partition coefficient (Wildman–Crippen LogP) is 9.63. The molecule has 4 aromatic heterocycles. The van der Waals surface area contributed by atoms with Crippen LogP contribution in [-0.2, 0) is 38.8 Å². The first-order valence-corrected chi connectivity index (χ1v) is 16.5. The molecule has 0 fully saturated rings. The Hall–Kier alpha value is -6.22. The number of halogens is 12. The molecular weight excluding hydrogens is 816 g/mol. The van der Waals surface area contributed by atoms with Crippen LogP contribution in [0.1, 0.15) is 88.0 Å². The summed E-state index contributed by atoms with van der Waals surface area (Å²) in [5.74, 6) is -1.37. The van der Waals surface area contributed by atoms with Crippen molar-refractivity contribution in [3.05, 3.63) is 118 Å². The van der Waals surface area contributed by atoms with Crippen LogP contribution < -0.4 is 10.6 Å². The number of nitrogens with one attached hydrogen (secondary N) is 2. The molecule has 6 rings (SSSR count). The lowest BCUT2D eigenvalue weighted by Gasteiger charge is -2.17. The lowest BCUT2D eigenvalue weighted by atomic mass is 10.1. The zero-order valence-corrected chi connectivity index (χ0v) is 30.1. The molecule has 0 bridgehead atoms. The molecule has 0 radical (unpaired) electrons. The van der Waals surface area contributed by atoms with Crippen molar-refractivity contribution in [1.82, 2.24) is 40.2 Å². The first-order chi connectivity index (χ1) is 26.8. The van der Waals surface area contributed by atoms with Gasteiger partial charge in [-0.15, -0.1) is 0 Å². The van der Waals surface area contributed by atoms with Crippen molar-refractivity contribution in [3.8, 4) is 0 Å². The number of alkyl halides is 12. The third-order valence-corrected chi connectivity index (χ3v) is 8.58. The Kier molecular flexibility index (Phi) is 12.8. The van der Waals surface area contributed by atoms with E-state index in [2.05, 4.69) is 30.8 Å². The number of hydrogen-bond acceptors (Lipinski definition) is 6. The summed E-state index contributed by atoms with van der Waals surface area (Å²) < 4.78 is 157. The van der Waals surface area contributed by atoms with Crippen LogP contribution >= 0.6 is 0 Å².